The Morgan fingerprint density at radius 3 is 2.55 bits per heavy atom. The minimum Gasteiger partial charge on any atom is -0.423 e. The molecule has 20 heavy (non-hydrogen) atoms. The molecule has 2 nitrogen and oxygen atoms in total. The largest absolute Gasteiger partial charge is 0.423 e. The van der Waals surface area contributed by atoms with E-state index in [4.69, 9.17) is 4.74 Å². The van der Waals surface area contributed by atoms with Crippen molar-refractivity contribution < 1.29 is 9.53 Å². The summed E-state index contributed by atoms with van der Waals surface area (Å²) in [7, 11) is 0. The summed E-state index contributed by atoms with van der Waals surface area (Å²) in [5, 5.41) is 0. The van der Waals surface area contributed by atoms with Crippen molar-refractivity contribution in [3.8, 4) is 5.75 Å². The fraction of sp³-hybridized carbons (Fsp3) is 0.167. The molecule has 0 aliphatic heterocycles. The van der Waals surface area contributed by atoms with Crippen LogP contribution in [-0.4, -0.2) is 5.97 Å². The summed E-state index contributed by atoms with van der Waals surface area (Å²) in [5.41, 5.74) is 2.86. The van der Waals surface area contributed by atoms with E-state index in [1.54, 1.807) is 19.1 Å². The number of rotatable bonds is 4. The van der Waals surface area contributed by atoms with Crippen LogP contribution >= 0.6 is 0 Å². The summed E-state index contributed by atoms with van der Waals surface area (Å²) in [6.45, 7) is 3.88. The van der Waals surface area contributed by atoms with Crippen molar-refractivity contribution in [2.75, 3.05) is 0 Å². The summed E-state index contributed by atoms with van der Waals surface area (Å²) < 4.78 is 5.30. The van der Waals surface area contributed by atoms with E-state index in [-0.39, 0.29) is 5.97 Å². The van der Waals surface area contributed by atoms with Gasteiger partial charge in [0, 0.05) is 5.57 Å². The molecule has 0 saturated carbocycles. The Bertz CT molecular complexity index is 612. The quantitative estimate of drug-likeness (QED) is 0.469. The highest BCUT2D eigenvalue weighted by molar-refractivity contribution is 5.94. The molecular weight excluding hydrogens is 248 g/mol. The normalized spacial score (nSPS) is 11.2. The molecule has 0 unspecified atom stereocenters. The van der Waals surface area contributed by atoms with E-state index >= 15 is 0 Å². The van der Waals surface area contributed by atoms with Gasteiger partial charge in [-0.3, -0.25) is 0 Å². The highest BCUT2D eigenvalue weighted by Crippen LogP contribution is 2.14. The number of hydrogen-bond donors (Lipinski definition) is 0. The van der Waals surface area contributed by atoms with Crippen LogP contribution in [0.5, 0.6) is 5.75 Å². The molecular formula is C18H18O2. The second-order valence-corrected chi connectivity index (χ2v) is 4.63. The third kappa shape index (κ3) is 3.82. The molecule has 0 fully saturated rings. The van der Waals surface area contributed by atoms with Crippen LogP contribution in [-0.2, 0) is 11.2 Å². The standard InChI is InChI=1S/C18H18O2/c1-3-15-8-7-9-16(13-15)12-14(2)18(19)20-17-10-5-4-6-11-17/h4-13H,3H2,1-2H3. The summed E-state index contributed by atoms with van der Waals surface area (Å²) in [4.78, 5) is 12.0. The van der Waals surface area contributed by atoms with Crippen molar-refractivity contribution in [1.82, 2.24) is 0 Å². The third-order valence-electron chi connectivity index (χ3n) is 3.02. The van der Waals surface area contributed by atoms with Crippen molar-refractivity contribution in [3.05, 3.63) is 71.3 Å². The van der Waals surface area contributed by atoms with Gasteiger partial charge in [-0.1, -0.05) is 49.4 Å². The minimum absolute atomic E-state index is 0.321. The van der Waals surface area contributed by atoms with Gasteiger partial charge in [0.05, 0.1) is 0 Å². The highest BCUT2D eigenvalue weighted by Gasteiger charge is 2.07. The van der Waals surface area contributed by atoms with Crippen LogP contribution in [0.15, 0.2) is 60.2 Å². The Morgan fingerprint density at radius 2 is 1.85 bits per heavy atom. The first-order valence-electron chi connectivity index (χ1n) is 6.73. The fourth-order valence-electron chi connectivity index (χ4n) is 1.89. The van der Waals surface area contributed by atoms with E-state index in [0.717, 1.165) is 12.0 Å². The summed E-state index contributed by atoms with van der Waals surface area (Å²) in [6.07, 6.45) is 2.83. The molecule has 0 spiro atoms. The number of hydrogen-bond acceptors (Lipinski definition) is 2. The number of ether oxygens (including phenoxy) is 1. The molecule has 0 aromatic heterocycles. The molecule has 2 heteroatoms. The van der Waals surface area contributed by atoms with E-state index in [2.05, 4.69) is 19.1 Å². The lowest BCUT2D eigenvalue weighted by atomic mass is 10.1. The molecule has 0 aliphatic carbocycles. The number of esters is 1. The minimum atomic E-state index is -0.321. The predicted octanol–water partition coefficient (Wildman–Crippen LogP) is 4.26. The van der Waals surface area contributed by atoms with E-state index in [0.29, 0.717) is 11.3 Å². The molecule has 0 amide bonds. The van der Waals surface area contributed by atoms with Crippen LogP contribution < -0.4 is 4.74 Å². The van der Waals surface area contributed by atoms with E-state index < -0.39 is 0 Å². The zero-order valence-electron chi connectivity index (χ0n) is 11.8. The topological polar surface area (TPSA) is 26.3 Å². The van der Waals surface area contributed by atoms with Gasteiger partial charge in [0.15, 0.2) is 0 Å². The predicted molar refractivity (Wildman–Crippen MR) is 81.5 cm³/mol. The van der Waals surface area contributed by atoms with Crippen molar-refractivity contribution in [2.45, 2.75) is 20.3 Å². The molecule has 0 aliphatic rings. The Balaban J connectivity index is 2.11. The summed E-state index contributed by atoms with van der Waals surface area (Å²) in [5.74, 6) is 0.241. The maximum absolute atomic E-state index is 12.0. The maximum atomic E-state index is 12.0. The Hall–Kier alpha value is -2.35. The first-order valence-corrected chi connectivity index (χ1v) is 6.73. The molecule has 0 atom stereocenters. The van der Waals surface area contributed by atoms with Gasteiger partial charge >= 0.3 is 5.97 Å². The molecule has 0 saturated heterocycles. The van der Waals surface area contributed by atoms with E-state index in [9.17, 15) is 4.79 Å². The van der Waals surface area contributed by atoms with Crippen molar-refractivity contribution in [1.29, 1.82) is 0 Å². The number of carbonyl (C=O) groups excluding carboxylic acids is 1. The summed E-state index contributed by atoms with van der Waals surface area (Å²) >= 11 is 0. The Morgan fingerprint density at radius 1 is 1.10 bits per heavy atom. The lowest BCUT2D eigenvalue weighted by molar-refractivity contribution is -0.130. The van der Waals surface area contributed by atoms with Crippen LogP contribution in [0.2, 0.25) is 0 Å². The smallest absolute Gasteiger partial charge is 0.339 e. The zero-order chi connectivity index (χ0) is 14.4. The molecule has 2 aromatic rings. The Labute approximate surface area is 119 Å². The van der Waals surface area contributed by atoms with Crippen LogP contribution in [0.3, 0.4) is 0 Å². The fourth-order valence-corrected chi connectivity index (χ4v) is 1.89. The van der Waals surface area contributed by atoms with Gasteiger partial charge in [0.2, 0.25) is 0 Å². The van der Waals surface area contributed by atoms with Crippen molar-refractivity contribution >= 4 is 12.0 Å². The highest BCUT2D eigenvalue weighted by atomic mass is 16.5. The number of carbonyl (C=O) groups is 1. The molecule has 0 bridgehead atoms. The van der Waals surface area contributed by atoms with Crippen molar-refractivity contribution in [3.63, 3.8) is 0 Å². The number of aryl methyl sites for hydroxylation is 1. The lowest BCUT2D eigenvalue weighted by Gasteiger charge is -2.05. The van der Waals surface area contributed by atoms with Gasteiger partial charge in [-0.2, -0.15) is 0 Å². The second kappa shape index (κ2) is 6.71. The lowest BCUT2D eigenvalue weighted by Crippen LogP contribution is -2.08. The third-order valence-corrected chi connectivity index (χ3v) is 3.02. The van der Waals surface area contributed by atoms with Crippen LogP contribution in [0.1, 0.15) is 25.0 Å². The van der Waals surface area contributed by atoms with Gasteiger partial charge in [0.25, 0.3) is 0 Å². The molecule has 2 aromatic carbocycles. The second-order valence-electron chi connectivity index (χ2n) is 4.63. The zero-order valence-corrected chi connectivity index (χ0v) is 11.8. The molecule has 0 heterocycles. The van der Waals surface area contributed by atoms with Crippen LogP contribution in [0.4, 0.5) is 0 Å². The van der Waals surface area contributed by atoms with Crippen molar-refractivity contribution in [2.24, 2.45) is 0 Å². The average Bonchev–Trinajstić information content (AvgIpc) is 2.48. The monoisotopic (exact) mass is 266 g/mol. The number of benzene rings is 2. The molecule has 2 rings (SSSR count). The maximum Gasteiger partial charge on any atom is 0.339 e. The van der Waals surface area contributed by atoms with E-state index in [1.165, 1.54) is 5.56 Å². The first kappa shape index (κ1) is 14.1. The molecule has 102 valence electrons. The average molecular weight is 266 g/mol. The van der Waals surface area contributed by atoms with Gasteiger partial charge in [0.1, 0.15) is 5.75 Å². The van der Waals surface area contributed by atoms with Gasteiger partial charge in [-0.25, -0.2) is 4.79 Å². The molecule has 0 N–H and O–H groups in total. The number of para-hydroxylation sites is 1. The molecule has 0 radical (unpaired) electrons. The Kier molecular flexibility index (Phi) is 4.72. The first-order chi connectivity index (χ1) is 9.69. The summed E-state index contributed by atoms with van der Waals surface area (Å²) in [6, 6.07) is 17.2. The van der Waals surface area contributed by atoms with Crippen LogP contribution in [0.25, 0.3) is 6.08 Å². The van der Waals surface area contributed by atoms with Crippen LogP contribution in [0, 0.1) is 0 Å². The van der Waals surface area contributed by atoms with Gasteiger partial charge in [-0.05, 0) is 42.7 Å². The SMILES string of the molecule is CCc1cccc(C=C(C)C(=O)Oc2ccccc2)c1. The van der Waals surface area contributed by atoms with Gasteiger partial charge < -0.3 is 4.74 Å². The van der Waals surface area contributed by atoms with E-state index in [1.807, 2.05) is 36.4 Å². The van der Waals surface area contributed by atoms with Gasteiger partial charge in [-0.15, -0.1) is 0 Å².